The number of rotatable bonds is 7. The van der Waals surface area contributed by atoms with Gasteiger partial charge in [-0.1, -0.05) is 24.3 Å². The molecule has 0 saturated heterocycles. The van der Waals surface area contributed by atoms with Crippen molar-refractivity contribution in [2.75, 3.05) is 26.2 Å². The molecule has 0 fully saturated rings. The normalized spacial score (nSPS) is 11.8. The van der Waals surface area contributed by atoms with Crippen molar-refractivity contribution in [1.29, 1.82) is 0 Å². The zero-order chi connectivity index (χ0) is 16.2. The van der Waals surface area contributed by atoms with Crippen LogP contribution in [0.2, 0.25) is 0 Å². The minimum absolute atomic E-state index is 0. The zero-order valence-electron chi connectivity index (χ0n) is 14.7. The van der Waals surface area contributed by atoms with Crippen LogP contribution < -0.4 is 11.1 Å². The van der Waals surface area contributed by atoms with E-state index in [1.807, 2.05) is 24.3 Å². The Hall–Kier alpha value is -1.08. The predicted molar refractivity (Wildman–Crippen MR) is 119 cm³/mol. The van der Waals surface area contributed by atoms with Crippen molar-refractivity contribution in [2.45, 2.75) is 12.8 Å². The molecule has 27 heavy (non-hydrogen) atoms. The Balaban J connectivity index is 0. The third-order valence-electron chi connectivity index (χ3n) is 4.15. The molecule has 0 spiro atoms. The highest BCUT2D eigenvalue weighted by Crippen LogP contribution is 2.29. The number of amides is 2. The van der Waals surface area contributed by atoms with Crippen LogP contribution >= 0.6 is 49.6 Å². The lowest BCUT2D eigenvalue weighted by Crippen LogP contribution is -2.41. The average molecular weight is 457 g/mol. The number of carbonyl (C=O) groups is 2. The number of imide groups is 1. The molecule has 0 atom stereocenters. The number of benzene rings is 2. The molecule has 2 aromatic carbocycles. The van der Waals surface area contributed by atoms with Crippen LogP contribution in [0.5, 0.6) is 0 Å². The number of nitrogens with two attached hydrogens (primary N) is 1. The molecule has 0 bridgehead atoms. The summed E-state index contributed by atoms with van der Waals surface area (Å²) in [6.45, 7) is 2.72. The van der Waals surface area contributed by atoms with Gasteiger partial charge in [0.25, 0.3) is 11.8 Å². The van der Waals surface area contributed by atoms with E-state index in [2.05, 4.69) is 5.32 Å². The van der Waals surface area contributed by atoms with E-state index < -0.39 is 0 Å². The maximum atomic E-state index is 12.6. The Labute approximate surface area is 184 Å². The third-order valence-corrected chi connectivity index (χ3v) is 4.15. The van der Waals surface area contributed by atoms with E-state index in [0.717, 1.165) is 36.7 Å². The summed E-state index contributed by atoms with van der Waals surface area (Å²) >= 11 is 0. The second kappa shape index (κ2) is 13.2. The van der Waals surface area contributed by atoms with Crippen LogP contribution in [0.4, 0.5) is 0 Å². The largest absolute Gasteiger partial charge is 0.330 e. The Morgan fingerprint density at radius 1 is 0.815 bits per heavy atom. The van der Waals surface area contributed by atoms with Gasteiger partial charge in [0.15, 0.2) is 0 Å². The lowest BCUT2D eigenvalue weighted by molar-refractivity contribution is 0.0609. The highest BCUT2D eigenvalue weighted by Gasteiger charge is 2.31. The Kier molecular flexibility index (Phi) is 13.7. The van der Waals surface area contributed by atoms with Crippen LogP contribution in [-0.2, 0) is 0 Å². The topological polar surface area (TPSA) is 75.4 Å². The van der Waals surface area contributed by atoms with Crippen molar-refractivity contribution in [3.8, 4) is 0 Å². The number of nitrogens with one attached hydrogen (secondary N) is 1. The van der Waals surface area contributed by atoms with Crippen LogP contribution in [0.3, 0.4) is 0 Å². The molecule has 9 heteroatoms. The van der Waals surface area contributed by atoms with Crippen LogP contribution in [-0.4, -0.2) is 42.9 Å². The lowest BCUT2D eigenvalue weighted by atomic mass is 9.94. The van der Waals surface area contributed by atoms with Crippen molar-refractivity contribution in [2.24, 2.45) is 5.73 Å². The molecule has 2 aromatic rings. The maximum absolute atomic E-state index is 12.6. The summed E-state index contributed by atoms with van der Waals surface area (Å²) in [5.74, 6) is -0.387. The van der Waals surface area contributed by atoms with Crippen LogP contribution in [0.25, 0.3) is 10.8 Å². The van der Waals surface area contributed by atoms with Gasteiger partial charge in [0.05, 0.1) is 0 Å². The molecule has 1 heterocycles. The van der Waals surface area contributed by atoms with Gasteiger partial charge in [0.2, 0.25) is 0 Å². The third kappa shape index (κ3) is 5.95. The predicted octanol–water partition coefficient (Wildman–Crippen LogP) is 3.45. The number of hydrogen-bond acceptors (Lipinski definition) is 4. The molecular weight excluding hydrogens is 432 g/mol. The molecule has 0 radical (unpaired) electrons. The van der Waals surface area contributed by atoms with Gasteiger partial charge in [-0.25, -0.2) is 0 Å². The summed E-state index contributed by atoms with van der Waals surface area (Å²) in [6, 6.07) is 11.2. The smallest absolute Gasteiger partial charge is 0.261 e. The van der Waals surface area contributed by atoms with Gasteiger partial charge in [0, 0.05) is 23.1 Å². The van der Waals surface area contributed by atoms with Crippen LogP contribution in [0, 0.1) is 0 Å². The van der Waals surface area contributed by atoms with Gasteiger partial charge in [0.1, 0.15) is 0 Å². The first-order chi connectivity index (χ1) is 11.2. The first-order valence-electron chi connectivity index (χ1n) is 8.03. The molecule has 0 aromatic heterocycles. The van der Waals surface area contributed by atoms with Crippen molar-refractivity contribution < 1.29 is 9.59 Å². The molecule has 2 amide bonds. The lowest BCUT2D eigenvalue weighted by Gasteiger charge is -2.27. The fourth-order valence-corrected chi connectivity index (χ4v) is 3.00. The van der Waals surface area contributed by atoms with E-state index in [0.29, 0.717) is 24.2 Å². The molecule has 0 aliphatic carbocycles. The first kappa shape index (κ1) is 28.1. The summed E-state index contributed by atoms with van der Waals surface area (Å²) in [7, 11) is 0. The molecule has 1 aliphatic rings. The van der Waals surface area contributed by atoms with E-state index >= 15 is 0 Å². The Bertz CT molecular complexity index is 708. The Morgan fingerprint density at radius 3 is 1.85 bits per heavy atom. The van der Waals surface area contributed by atoms with Crippen LogP contribution in [0.1, 0.15) is 33.6 Å². The minimum atomic E-state index is -0.193. The van der Waals surface area contributed by atoms with E-state index in [4.69, 9.17) is 5.73 Å². The summed E-state index contributed by atoms with van der Waals surface area (Å²) in [4.78, 5) is 26.7. The highest BCUT2D eigenvalue weighted by molar-refractivity contribution is 6.25. The highest BCUT2D eigenvalue weighted by atomic mass is 35.5. The summed E-state index contributed by atoms with van der Waals surface area (Å²) in [5, 5.41) is 4.98. The van der Waals surface area contributed by atoms with Gasteiger partial charge < -0.3 is 11.1 Å². The Morgan fingerprint density at radius 2 is 1.33 bits per heavy atom. The van der Waals surface area contributed by atoms with Gasteiger partial charge >= 0.3 is 0 Å². The minimum Gasteiger partial charge on any atom is -0.330 e. The average Bonchev–Trinajstić information content (AvgIpc) is 2.58. The number of hydrogen-bond donors (Lipinski definition) is 2. The fraction of sp³-hybridized carbons (Fsp3) is 0.333. The van der Waals surface area contributed by atoms with Crippen molar-refractivity contribution in [3.05, 3.63) is 47.5 Å². The number of halogens is 4. The van der Waals surface area contributed by atoms with E-state index in [1.54, 1.807) is 12.1 Å². The molecule has 1 aliphatic heterocycles. The molecule has 3 N–H and O–H groups in total. The van der Waals surface area contributed by atoms with E-state index in [-0.39, 0.29) is 61.4 Å². The van der Waals surface area contributed by atoms with E-state index in [1.165, 1.54) is 4.90 Å². The summed E-state index contributed by atoms with van der Waals surface area (Å²) < 4.78 is 0. The van der Waals surface area contributed by atoms with Crippen LogP contribution in [0.15, 0.2) is 36.4 Å². The number of carbonyl (C=O) groups excluding carboxylic acids is 2. The van der Waals surface area contributed by atoms with Crippen molar-refractivity contribution in [3.63, 3.8) is 0 Å². The van der Waals surface area contributed by atoms with Crippen molar-refractivity contribution >= 4 is 72.2 Å². The summed E-state index contributed by atoms with van der Waals surface area (Å²) in [6.07, 6.45) is 1.66. The van der Waals surface area contributed by atoms with Gasteiger partial charge in [-0.2, -0.15) is 0 Å². The maximum Gasteiger partial charge on any atom is 0.261 e. The monoisotopic (exact) mass is 455 g/mol. The van der Waals surface area contributed by atoms with E-state index in [9.17, 15) is 9.59 Å². The first-order valence-corrected chi connectivity index (χ1v) is 8.03. The molecule has 0 unspecified atom stereocenters. The van der Waals surface area contributed by atoms with Gasteiger partial charge in [-0.15, -0.1) is 49.6 Å². The second-order valence-corrected chi connectivity index (χ2v) is 5.72. The van der Waals surface area contributed by atoms with Gasteiger partial charge in [-0.3, -0.25) is 14.5 Å². The fourth-order valence-electron chi connectivity index (χ4n) is 3.00. The van der Waals surface area contributed by atoms with Gasteiger partial charge in [-0.05, 0) is 50.0 Å². The standard InChI is InChI=1S/C18H21N3O2.4ClH/c19-9-3-10-20-11-4-12-21-17(22)14-7-1-5-13-6-2-8-15(16(13)14)18(21)23;;;;/h1-2,5-8,20H,3-4,9-12,19H2;4*1H. The molecule has 152 valence electrons. The molecular formula is C18H25Cl4N3O2. The second-order valence-electron chi connectivity index (χ2n) is 5.72. The molecule has 5 nitrogen and oxygen atoms in total. The number of nitrogens with zero attached hydrogens (tertiary/aromatic N) is 1. The molecule has 3 rings (SSSR count). The zero-order valence-corrected chi connectivity index (χ0v) is 17.9. The summed E-state index contributed by atoms with van der Waals surface area (Å²) in [5.41, 5.74) is 6.68. The van der Waals surface area contributed by atoms with Crippen molar-refractivity contribution in [1.82, 2.24) is 10.2 Å². The molecule has 0 saturated carbocycles. The SMILES string of the molecule is Cl.Cl.Cl.Cl.NCCCNCCCN1C(=O)c2cccc3cccc(c23)C1=O. The quantitative estimate of drug-likeness (QED) is 0.494.